The zero-order chi connectivity index (χ0) is 16.9. The molecule has 1 heterocycles. The molecule has 0 bridgehead atoms. The largest absolute Gasteiger partial charge is 0.465 e. The molecular formula is C18H24O5. The SMILES string of the molecule is COC(=O)C(/C=C/C1(C)CCCCC1)=C/OC1C=C(C)C(=O)O1. The normalized spacial score (nSPS) is 24.3. The molecule has 0 saturated heterocycles. The van der Waals surface area contributed by atoms with Gasteiger partial charge < -0.3 is 14.2 Å². The van der Waals surface area contributed by atoms with Gasteiger partial charge in [0.2, 0.25) is 0 Å². The van der Waals surface area contributed by atoms with Crippen LogP contribution in [-0.4, -0.2) is 25.3 Å². The molecule has 5 nitrogen and oxygen atoms in total. The standard InChI is InChI=1S/C18H24O5/c1-13-11-15(23-16(13)19)22-12-14(17(20)21-3)7-10-18(2)8-5-4-6-9-18/h7,10-12,15H,4-6,8-9H2,1-3H3/b10-7+,14-12+. The van der Waals surface area contributed by atoms with E-state index in [9.17, 15) is 9.59 Å². The molecule has 2 rings (SSSR count). The van der Waals surface area contributed by atoms with E-state index in [0.717, 1.165) is 12.8 Å². The smallest absolute Gasteiger partial charge is 0.340 e. The van der Waals surface area contributed by atoms with Crippen molar-refractivity contribution in [2.45, 2.75) is 52.2 Å². The van der Waals surface area contributed by atoms with E-state index < -0.39 is 18.2 Å². The molecule has 0 aromatic rings. The highest BCUT2D eigenvalue weighted by atomic mass is 16.7. The van der Waals surface area contributed by atoms with Crippen LogP contribution in [0.2, 0.25) is 0 Å². The van der Waals surface area contributed by atoms with Crippen molar-refractivity contribution < 1.29 is 23.8 Å². The van der Waals surface area contributed by atoms with Gasteiger partial charge in [0.15, 0.2) is 0 Å². The number of methoxy groups -OCH3 is 1. The molecule has 0 spiro atoms. The van der Waals surface area contributed by atoms with E-state index in [2.05, 4.69) is 13.0 Å². The third kappa shape index (κ3) is 4.71. The summed E-state index contributed by atoms with van der Waals surface area (Å²) in [6, 6.07) is 0. The molecule has 1 unspecified atom stereocenters. The lowest BCUT2D eigenvalue weighted by Crippen LogP contribution is -2.17. The number of hydrogen-bond acceptors (Lipinski definition) is 5. The van der Waals surface area contributed by atoms with Gasteiger partial charge in [-0.15, -0.1) is 0 Å². The highest BCUT2D eigenvalue weighted by Crippen LogP contribution is 2.37. The van der Waals surface area contributed by atoms with Crippen LogP contribution >= 0.6 is 0 Å². The third-order valence-electron chi connectivity index (χ3n) is 4.34. The molecule has 1 aliphatic carbocycles. The summed E-state index contributed by atoms with van der Waals surface area (Å²) in [5, 5.41) is 0. The molecule has 0 aromatic carbocycles. The van der Waals surface area contributed by atoms with E-state index in [-0.39, 0.29) is 5.41 Å². The predicted octanol–water partition coefficient (Wildman–Crippen LogP) is 3.42. The Kier molecular flexibility index (Phi) is 5.64. The topological polar surface area (TPSA) is 61.8 Å². The van der Waals surface area contributed by atoms with Crippen LogP contribution in [0.15, 0.2) is 35.6 Å². The van der Waals surface area contributed by atoms with Gasteiger partial charge in [0.1, 0.15) is 6.26 Å². The van der Waals surface area contributed by atoms with Gasteiger partial charge in [0, 0.05) is 11.6 Å². The molecule has 0 amide bonds. The molecule has 126 valence electrons. The maximum absolute atomic E-state index is 11.9. The molecule has 2 aliphatic rings. The molecule has 1 fully saturated rings. The van der Waals surface area contributed by atoms with Gasteiger partial charge in [-0.1, -0.05) is 32.3 Å². The molecule has 1 aliphatic heterocycles. The summed E-state index contributed by atoms with van der Waals surface area (Å²) in [5.41, 5.74) is 0.892. The highest BCUT2D eigenvalue weighted by Gasteiger charge is 2.25. The van der Waals surface area contributed by atoms with E-state index in [1.54, 1.807) is 19.1 Å². The number of carbonyl (C=O) groups excluding carboxylic acids is 2. The van der Waals surface area contributed by atoms with Crippen LogP contribution in [0.1, 0.15) is 46.0 Å². The number of carbonyl (C=O) groups is 2. The first-order chi connectivity index (χ1) is 10.9. The number of hydrogen-bond donors (Lipinski definition) is 0. The number of ether oxygens (including phenoxy) is 3. The molecular weight excluding hydrogens is 296 g/mol. The van der Waals surface area contributed by atoms with Gasteiger partial charge in [-0.3, -0.25) is 0 Å². The molecule has 0 radical (unpaired) electrons. The molecule has 0 aromatic heterocycles. The second-order valence-electron chi connectivity index (χ2n) is 6.37. The van der Waals surface area contributed by atoms with Crippen LogP contribution in [0, 0.1) is 5.41 Å². The summed E-state index contributed by atoms with van der Waals surface area (Å²) in [6.45, 7) is 3.85. The van der Waals surface area contributed by atoms with E-state index in [0.29, 0.717) is 11.1 Å². The van der Waals surface area contributed by atoms with E-state index in [4.69, 9.17) is 14.2 Å². The first-order valence-electron chi connectivity index (χ1n) is 7.96. The summed E-state index contributed by atoms with van der Waals surface area (Å²) >= 11 is 0. The van der Waals surface area contributed by atoms with Crippen LogP contribution in [0.4, 0.5) is 0 Å². The lowest BCUT2D eigenvalue weighted by atomic mass is 9.75. The summed E-state index contributed by atoms with van der Waals surface area (Å²) in [6.07, 6.45) is 11.8. The maximum Gasteiger partial charge on any atom is 0.340 e. The number of cyclic esters (lactones) is 1. The average molecular weight is 320 g/mol. The minimum absolute atomic E-state index is 0.0989. The molecule has 1 saturated carbocycles. The Bertz CT molecular complexity index is 550. The molecule has 1 atom stereocenters. The first kappa shape index (κ1) is 17.3. The Balaban J connectivity index is 2.06. The van der Waals surface area contributed by atoms with Crippen molar-refractivity contribution in [1.29, 1.82) is 0 Å². The van der Waals surface area contributed by atoms with Crippen molar-refractivity contribution in [2.24, 2.45) is 5.41 Å². The number of esters is 2. The van der Waals surface area contributed by atoms with Crippen LogP contribution < -0.4 is 0 Å². The van der Waals surface area contributed by atoms with Gasteiger partial charge in [-0.05, 0) is 31.3 Å². The van der Waals surface area contributed by atoms with Crippen molar-refractivity contribution in [2.75, 3.05) is 7.11 Å². The van der Waals surface area contributed by atoms with Gasteiger partial charge >= 0.3 is 11.9 Å². The lowest BCUT2D eigenvalue weighted by Gasteiger charge is -2.30. The van der Waals surface area contributed by atoms with Gasteiger partial charge in [-0.25, -0.2) is 9.59 Å². The van der Waals surface area contributed by atoms with Crippen molar-refractivity contribution in [3.05, 3.63) is 35.6 Å². The average Bonchev–Trinajstić information content (AvgIpc) is 2.85. The second-order valence-corrected chi connectivity index (χ2v) is 6.37. The van der Waals surface area contributed by atoms with Crippen molar-refractivity contribution in [1.82, 2.24) is 0 Å². The van der Waals surface area contributed by atoms with Crippen LogP contribution in [0.5, 0.6) is 0 Å². The lowest BCUT2D eigenvalue weighted by molar-refractivity contribution is -0.152. The first-order valence-corrected chi connectivity index (χ1v) is 7.96. The minimum atomic E-state index is -0.791. The second kappa shape index (κ2) is 7.49. The molecule has 5 heteroatoms. The predicted molar refractivity (Wildman–Crippen MR) is 85.2 cm³/mol. The maximum atomic E-state index is 11.9. The highest BCUT2D eigenvalue weighted by molar-refractivity contribution is 5.91. The van der Waals surface area contributed by atoms with Crippen LogP contribution in [-0.2, 0) is 23.8 Å². The summed E-state index contributed by atoms with van der Waals surface area (Å²) in [4.78, 5) is 23.2. The monoisotopic (exact) mass is 320 g/mol. The summed E-state index contributed by atoms with van der Waals surface area (Å²) < 4.78 is 15.1. The Morgan fingerprint density at radius 1 is 1.35 bits per heavy atom. The zero-order valence-electron chi connectivity index (χ0n) is 14.0. The minimum Gasteiger partial charge on any atom is -0.465 e. The van der Waals surface area contributed by atoms with Crippen molar-refractivity contribution in [3.8, 4) is 0 Å². The van der Waals surface area contributed by atoms with Crippen molar-refractivity contribution >= 4 is 11.9 Å². The Morgan fingerprint density at radius 2 is 2.04 bits per heavy atom. The van der Waals surface area contributed by atoms with Gasteiger partial charge in [-0.2, -0.15) is 0 Å². The van der Waals surface area contributed by atoms with Crippen LogP contribution in [0.3, 0.4) is 0 Å². The number of allylic oxidation sites excluding steroid dienone is 1. The number of rotatable bonds is 5. The fourth-order valence-corrected chi connectivity index (χ4v) is 2.80. The Labute approximate surface area is 137 Å². The van der Waals surface area contributed by atoms with E-state index in [1.807, 2.05) is 0 Å². The summed E-state index contributed by atoms with van der Waals surface area (Å²) in [7, 11) is 1.33. The molecule has 23 heavy (non-hydrogen) atoms. The zero-order valence-corrected chi connectivity index (χ0v) is 14.0. The quantitative estimate of drug-likeness (QED) is 0.336. The fraction of sp³-hybridized carbons (Fsp3) is 0.556. The Morgan fingerprint density at radius 3 is 2.61 bits per heavy atom. The summed E-state index contributed by atoms with van der Waals surface area (Å²) in [5.74, 6) is -0.890. The van der Waals surface area contributed by atoms with E-state index >= 15 is 0 Å². The van der Waals surface area contributed by atoms with E-state index in [1.165, 1.54) is 32.6 Å². The van der Waals surface area contributed by atoms with Crippen molar-refractivity contribution in [3.63, 3.8) is 0 Å². The Hall–Kier alpha value is -2.04. The van der Waals surface area contributed by atoms with Gasteiger partial charge in [0.25, 0.3) is 6.29 Å². The molecule has 0 N–H and O–H groups in total. The van der Waals surface area contributed by atoms with Crippen LogP contribution in [0.25, 0.3) is 0 Å². The fourth-order valence-electron chi connectivity index (χ4n) is 2.80. The van der Waals surface area contributed by atoms with Gasteiger partial charge in [0.05, 0.1) is 12.7 Å². The third-order valence-corrected chi connectivity index (χ3v) is 4.34.